The van der Waals surface area contributed by atoms with E-state index >= 15 is 0 Å². The van der Waals surface area contributed by atoms with Crippen molar-refractivity contribution in [3.8, 4) is 5.75 Å². The lowest BCUT2D eigenvalue weighted by Crippen LogP contribution is -2.31. The molecule has 0 aliphatic carbocycles. The van der Waals surface area contributed by atoms with E-state index in [1.807, 2.05) is 34.0 Å². The molecule has 3 heterocycles. The minimum absolute atomic E-state index is 0. The number of halogens is 1. The molecule has 0 spiro atoms. The van der Waals surface area contributed by atoms with Crippen molar-refractivity contribution in [3.05, 3.63) is 41.7 Å². The molecule has 2 aliphatic heterocycles. The number of nitrogens with one attached hydrogen (secondary N) is 1. The molecule has 27 heavy (non-hydrogen) atoms. The van der Waals surface area contributed by atoms with Crippen LogP contribution in [0.4, 0.5) is 0 Å². The Morgan fingerprint density at radius 2 is 2.07 bits per heavy atom. The number of rotatable bonds is 4. The second kappa shape index (κ2) is 8.71. The van der Waals surface area contributed by atoms with E-state index in [2.05, 4.69) is 21.7 Å². The number of ether oxygens (including phenoxy) is 1. The molecule has 7 nitrogen and oxygen atoms in total. The first kappa shape index (κ1) is 19.6. The van der Waals surface area contributed by atoms with Gasteiger partial charge in [-0.15, -0.1) is 17.5 Å². The number of amides is 1. The summed E-state index contributed by atoms with van der Waals surface area (Å²) in [7, 11) is 1.66. The maximum absolute atomic E-state index is 13.0. The first-order valence-electron chi connectivity index (χ1n) is 9.34. The molecule has 2 saturated heterocycles. The Bertz CT molecular complexity index is 775. The monoisotopic (exact) mass is 391 g/mol. The molecule has 4 rings (SSSR count). The number of benzene rings is 1. The molecule has 146 valence electrons. The number of piperidine rings is 1. The van der Waals surface area contributed by atoms with Gasteiger partial charge in [-0.2, -0.15) is 0 Å². The third-order valence-electron chi connectivity index (χ3n) is 5.40. The Morgan fingerprint density at radius 1 is 1.26 bits per heavy atom. The van der Waals surface area contributed by atoms with Gasteiger partial charge < -0.3 is 15.0 Å². The quantitative estimate of drug-likeness (QED) is 0.867. The van der Waals surface area contributed by atoms with Crippen molar-refractivity contribution in [2.24, 2.45) is 0 Å². The highest BCUT2D eigenvalue weighted by Gasteiger charge is 2.32. The molecular weight excluding hydrogens is 366 g/mol. The molecule has 1 atom stereocenters. The summed E-state index contributed by atoms with van der Waals surface area (Å²) in [6.45, 7) is 2.72. The van der Waals surface area contributed by atoms with E-state index in [4.69, 9.17) is 4.74 Å². The summed E-state index contributed by atoms with van der Waals surface area (Å²) in [6, 6.07) is 8.38. The second-order valence-corrected chi connectivity index (χ2v) is 7.00. The number of likely N-dealkylation sites (tertiary alicyclic amines) is 1. The van der Waals surface area contributed by atoms with Crippen molar-refractivity contribution in [1.29, 1.82) is 0 Å². The standard InChI is InChI=1S/C19H25N5O2.ClH/c1-26-16-5-2-4-14(12-16)18-6-3-11-23(18)19(25)17-13-24(22-21-17)15-7-9-20-10-8-15;/h2,4-5,12-13,15,18,20H,3,6-11H2,1H3;1H. The van der Waals surface area contributed by atoms with Gasteiger partial charge in [0.15, 0.2) is 5.69 Å². The molecule has 2 aliphatic rings. The summed E-state index contributed by atoms with van der Waals surface area (Å²) in [5.41, 5.74) is 1.55. The summed E-state index contributed by atoms with van der Waals surface area (Å²) < 4.78 is 7.20. The van der Waals surface area contributed by atoms with Gasteiger partial charge in [0.2, 0.25) is 0 Å². The van der Waals surface area contributed by atoms with E-state index in [1.54, 1.807) is 7.11 Å². The lowest BCUT2D eigenvalue weighted by atomic mass is 10.0. The first-order chi connectivity index (χ1) is 12.8. The lowest BCUT2D eigenvalue weighted by Gasteiger charge is -2.24. The van der Waals surface area contributed by atoms with Gasteiger partial charge in [-0.3, -0.25) is 4.79 Å². The zero-order chi connectivity index (χ0) is 17.9. The van der Waals surface area contributed by atoms with Crippen LogP contribution in [0.15, 0.2) is 30.5 Å². The Kier molecular flexibility index (Phi) is 6.34. The van der Waals surface area contributed by atoms with Crippen LogP contribution in [-0.4, -0.2) is 52.5 Å². The lowest BCUT2D eigenvalue weighted by molar-refractivity contribution is 0.0729. The topological polar surface area (TPSA) is 72.3 Å². The summed E-state index contributed by atoms with van der Waals surface area (Å²) >= 11 is 0. The highest BCUT2D eigenvalue weighted by atomic mass is 35.5. The van der Waals surface area contributed by atoms with E-state index in [1.165, 1.54) is 0 Å². The Labute approximate surface area is 165 Å². The van der Waals surface area contributed by atoms with Gasteiger partial charge in [-0.1, -0.05) is 17.3 Å². The predicted octanol–water partition coefficient (Wildman–Crippen LogP) is 2.61. The van der Waals surface area contributed by atoms with E-state index < -0.39 is 0 Å². The molecule has 1 N–H and O–H groups in total. The largest absolute Gasteiger partial charge is 0.497 e. The molecule has 2 aromatic rings. The average molecular weight is 392 g/mol. The Balaban J connectivity index is 0.00000210. The van der Waals surface area contributed by atoms with Crippen LogP contribution in [0.5, 0.6) is 5.75 Å². The van der Waals surface area contributed by atoms with E-state index in [0.29, 0.717) is 11.7 Å². The Hall–Kier alpha value is -2.12. The van der Waals surface area contributed by atoms with Gasteiger partial charge in [-0.05, 0) is 56.5 Å². The predicted molar refractivity (Wildman–Crippen MR) is 104 cm³/mol. The summed E-state index contributed by atoms with van der Waals surface area (Å²) in [5, 5.41) is 11.7. The molecule has 1 aromatic carbocycles. The van der Waals surface area contributed by atoms with Gasteiger partial charge >= 0.3 is 0 Å². The fraction of sp³-hybridized carbons (Fsp3) is 0.526. The number of hydrogen-bond acceptors (Lipinski definition) is 5. The van der Waals surface area contributed by atoms with Crippen molar-refractivity contribution >= 4 is 18.3 Å². The van der Waals surface area contributed by atoms with Gasteiger partial charge in [0, 0.05) is 6.54 Å². The van der Waals surface area contributed by atoms with E-state index in [-0.39, 0.29) is 24.4 Å². The number of carbonyl (C=O) groups excluding carboxylic acids is 1. The van der Waals surface area contributed by atoms with Crippen LogP contribution in [0.1, 0.15) is 53.8 Å². The average Bonchev–Trinajstić information content (AvgIpc) is 3.38. The molecule has 1 unspecified atom stereocenters. The third kappa shape index (κ3) is 4.09. The SMILES string of the molecule is COc1cccc(C2CCCN2C(=O)c2cn(C3CCNCC3)nn2)c1.Cl. The van der Waals surface area contributed by atoms with Crippen molar-refractivity contribution in [1.82, 2.24) is 25.2 Å². The van der Waals surface area contributed by atoms with E-state index in [0.717, 1.165) is 56.6 Å². The van der Waals surface area contributed by atoms with E-state index in [9.17, 15) is 4.79 Å². The maximum Gasteiger partial charge on any atom is 0.276 e. The fourth-order valence-corrected chi connectivity index (χ4v) is 3.98. The minimum Gasteiger partial charge on any atom is -0.497 e. The van der Waals surface area contributed by atoms with Crippen LogP contribution in [0, 0.1) is 0 Å². The molecule has 0 radical (unpaired) electrons. The minimum atomic E-state index is -0.0319. The third-order valence-corrected chi connectivity index (χ3v) is 5.40. The molecule has 2 fully saturated rings. The fourth-order valence-electron chi connectivity index (χ4n) is 3.98. The van der Waals surface area contributed by atoms with Crippen molar-refractivity contribution in [2.45, 2.75) is 37.8 Å². The summed E-state index contributed by atoms with van der Waals surface area (Å²) in [4.78, 5) is 15.0. The zero-order valence-corrected chi connectivity index (χ0v) is 16.3. The molecular formula is C19H26ClN5O2. The summed E-state index contributed by atoms with van der Waals surface area (Å²) in [5.74, 6) is 0.786. The first-order valence-corrected chi connectivity index (χ1v) is 9.34. The molecule has 0 bridgehead atoms. The van der Waals surface area contributed by atoms with Crippen molar-refractivity contribution in [2.75, 3.05) is 26.7 Å². The highest BCUT2D eigenvalue weighted by Crippen LogP contribution is 2.34. The van der Waals surface area contributed by atoms with Crippen LogP contribution in [0.2, 0.25) is 0 Å². The van der Waals surface area contributed by atoms with Crippen LogP contribution < -0.4 is 10.1 Å². The molecule has 8 heteroatoms. The van der Waals surface area contributed by atoms with Crippen LogP contribution in [0.3, 0.4) is 0 Å². The number of hydrogen-bond donors (Lipinski definition) is 1. The van der Waals surface area contributed by atoms with Gasteiger partial charge in [-0.25, -0.2) is 4.68 Å². The highest BCUT2D eigenvalue weighted by molar-refractivity contribution is 5.92. The van der Waals surface area contributed by atoms with Crippen molar-refractivity contribution < 1.29 is 9.53 Å². The number of methoxy groups -OCH3 is 1. The summed E-state index contributed by atoms with van der Waals surface area (Å²) in [6.07, 6.45) is 5.82. The number of aromatic nitrogens is 3. The molecule has 1 aromatic heterocycles. The van der Waals surface area contributed by atoms with Gasteiger partial charge in [0.05, 0.1) is 25.4 Å². The zero-order valence-electron chi connectivity index (χ0n) is 15.5. The normalized spacial score (nSPS) is 20.3. The van der Waals surface area contributed by atoms with Gasteiger partial charge in [0.1, 0.15) is 5.75 Å². The molecule has 1 amide bonds. The smallest absolute Gasteiger partial charge is 0.276 e. The van der Waals surface area contributed by atoms with Gasteiger partial charge in [0.25, 0.3) is 5.91 Å². The molecule has 0 saturated carbocycles. The number of nitrogens with zero attached hydrogens (tertiary/aromatic N) is 4. The van der Waals surface area contributed by atoms with Crippen LogP contribution in [-0.2, 0) is 0 Å². The Morgan fingerprint density at radius 3 is 2.85 bits per heavy atom. The van der Waals surface area contributed by atoms with Crippen molar-refractivity contribution in [3.63, 3.8) is 0 Å². The maximum atomic E-state index is 13.0. The number of carbonyl (C=O) groups is 1. The van der Waals surface area contributed by atoms with Crippen LogP contribution >= 0.6 is 12.4 Å². The second-order valence-electron chi connectivity index (χ2n) is 7.00. The van der Waals surface area contributed by atoms with Crippen LogP contribution in [0.25, 0.3) is 0 Å².